The minimum Gasteiger partial charge on any atom is -0.382 e. The smallest absolute Gasteiger partial charge is 0.0700 e. The van der Waals surface area contributed by atoms with Crippen LogP contribution in [-0.2, 0) is 9.47 Å². The third-order valence-electron chi connectivity index (χ3n) is 3.23. The third-order valence-corrected chi connectivity index (χ3v) is 3.23. The van der Waals surface area contributed by atoms with Crippen molar-refractivity contribution in [3.05, 3.63) is 35.4 Å². The molecule has 1 atom stereocenters. The number of benzene rings is 1. The molecule has 0 heterocycles. The highest BCUT2D eigenvalue weighted by Gasteiger charge is 2.10. The van der Waals surface area contributed by atoms with Gasteiger partial charge in [0.05, 0.1) is 13.2 Å². The Bertz CT molecular complexity index is 324. The molecule has 1 unspecified atom stereocenters. The van der Waals surface area contributed by atoms with Crippen LogP contribution >= 0.6 is 0 Å². The van der Waals surface area contributed by atoms with E-state index in [9.17, 15) is 0 Å². The first-order valence-corrected chi connectivity index (χ1v) is 7.12. The number of ether oxygens (including phenoxy) is 2. The second kappa shape index (κ2) is 9.96. The summed E-state index contributed by atoms with van der Waals surface area (Å²) in [5.41, 5.74) is 2.70. The molecule has 1 aromatic carbocycles. The van der Waals surface area contributed by atoms with Gasteiger partial charge in [-0.2, -0.15) is 0 Å². The fraction of sp³-hybridized carbons (Fsp3) is 0.625. The van der Waals surface area contributed by atoms with Crippen molar-refractivity contribution in [2.45, 2.75) is 26.2 Å². The van der Waals surface area contributed by atoms with E-state index in [0.717, 1.165) is 26.1 Å². The van der Waals surface area contributed by atoms with Gasteiger partial charge in [-0.25, -0.2) is 0 Å². The first-order valence-electron chi connectivity index (χ1n) is 7.12. The Kier molecular flexibility index (Phi) is 8.47. The molecule has 1 N–H and O–H groups in total. The van der Waals surface area contributed by atoms with Gasteiger partial charge in [-0.1, -0.05) is 36.8 Å². The van der Waals surface area contributed by atoms with Crippen LogP contribution in [0.15, 0.2) is 24.3 Å². The van der Waals surface area contributed by atoms with Crippen molar-refractivity contribution in [2.75, 3.05) is 40.0 Å². The number of rotatable bonds is 10. The van der Waals surface area contributed by atoms with Gasteiger partial charge in [0.25, 0.3) is 0 Å². The maximum Gasteiger partial charge on any atom is 0.0700 e. The second-order valence-corrected chi connectivity index (χ2v) is 4.81. The van der Waals surface area contributed by atoms with Crippen molar-refractivity contribution in [3.8, 4) is 0 Å². The Labute approximate surface area is 117 Å². The van der Waals surface area contributed by atoms with Crippen LogP contribution in [0, 0.1) is 6.92 Å². The molecule has 0 aromatic heterocycles. The van der Waals surface area contributed by atoms with Crippen molar-refractivity contribution >= 4 is 0 Å². The van der Waals surface area contributed by atoms with Crippen molar-refractivity contribution in [1.29, 1.82) is 0 Å². The highest BCUT2D eigenvalue weighted by Crippen LogP contribution is 2.19. The highest BCUT2D eigenvalue weighted by atomic mass is 16.5. The van der Waals surface area contributed by atoms with Crippen LogP contribution in [0.3, 0.4) is 0 Å². The van der Waals surface area contributed by atoms with Gasteiger partial charge in [0, 0.05) is 20.3 Å². The average molecular weight is 265 g/mol. The first kappa shape index (κ1) is 16.2. The van der Waals surface area contributed by atoms with Crippen LogP contribution < -0.4 is 5.32 Å². The lowest BCUT2D eigenvalue weighted by Crippen LogP contribution is -2.22. The van der Waals surface area contributed by atoms with E-state index in [0.29, 0.717) is 19.1 Å². The maximum absolute atomic E-state index is 5.58. The predicted molar refractivity (Wildman–Crippen MR) is 79.8 cm³/mol. The average Bonchev–Trinajstić information content (AvgIpc) is 2.43. The fourth-order valence-corrected chi connectivity index (χ4v) is 2.01. The van der Waals surface area contributed by atoms with Crippen molar-refractivity contribution < 1.29 is 9.47 Å². The Balaban J connectivity index is 2.44. The minimum absolute atomic E-state index is 0.517. The zero-order chi connectivity index (χ0) is 13.9. The Morgan fingerprint density at radius 2 is 1.84 bits per heavy atom. The van der Waals surface area contributed by atoms with Gasteiger partial charge in [0.2, 0.25) is 0 Å². The topological polar surface area (TPSA) is 30.5 Å². The van der Waals surface area contributed by atoms with Gasteiger partial charge in [-0.3, -0.25) is 0 Å². The molecular weight excluding hydrogens is 238 g/mol. The van der Waals surface area contributed by atoms with E-state index < -0.39 is 0 Å². The van der Waals surface area contributed by atoms with E-state index in [1.165, 1.54) is 11.1 Å². The van der Waals surface area contributed by atoms with Crippen molar-refractivity contribution in [3.63, 3.8) is 0 Å². The van der Waals surface area contributed by atoms with E-state index in [4.69, 9.17) is 9.47 Å². The molecule has 0 radical (unpaired) electrons. The van der Waals surface area contributed by atoms with Gasteiger partial charge < -0.3 is 14.8 Å². The van der Waals surface area contributed by atoms with Crippen LogP contribution in [0.25, 0.3) is 0 Å². The lowest BCUT2D eigenvalue weighted by Gasteiger charge is -2.18. The van der Waals surface area contributed by atoms with Crippen LogP contribution in [0.1, 0.15) is 30.4 Å². The predicted octanol–water partition coefficient (Wildman–Crippen LogP) is 2.74. The molecule has 3 heteroatoms. The van der Waals surface area contributed by atoms with Crippen LogP contribution in [0.4, 0.5) is 0 Å². The normalized spacial score (nSPS) is 12.6. The van der Waals surface area contributed by atoms with Gasteiger partial charge >= 0.3 is 0 Å². The summed E-state index contributed by atoms with van der Waals surface area (Å²) in [6, 6.07) is 8.82. The molecule has 0 fully saturated rings. The fourth-order valence-electron chi connectivity index (χ4n) is 2.01. The quantitative estimate of drug-likeness (QED) is 0.660. The van der Waals surface area contributed by atoms with E-state index in [-0.39, 0.29) is 0 Å². The summed E-state index contributed by atoms with van der Waals surface area (Å²) in [6.45, 7) is 8.41. The lowest BCUT2D eigenvalue weighted by atomic mass is 9.95. The van der Waals surface area contributed by atoms with Crippen LogP contribution in [0.2, 0.25) is 0 Å². The number of methoxy groups -OCH3 is 1. The monoisotopic (exact) mass is 265 g/mol. The molecule has 0 saturated heterocycles. The van der Waals surface area contributed by atoms with E-state index in [2.05, 4.69) is 43.4 Å². The SMILES string of the molecule is CCNCC(CCOCCOC)c1ccc(C)cc1. The van der Waals surface area contributed by atoms with E-state index >= 15 is 0 Å². The van der Waals surface area contributed by atoms with Gasteiger partial charge in [-0.05, 0) is 31.4 Å². The molecule has 0 amide bonds. The Morgan fingerprint density at radius 3 is 2.47 bits per heavy atom. The third kappa shape index (κ3) is 6.71. The van der Waals surface area contributed by atoms with Gasteiger partial charge in [0.1, 0.15) is 0 Å². The first-order chi connectivity index (χ1) is 9.27. The van der Waals surface area contributed by atoms with Gasteiger partial charge in [-0.15, -0.1) is 0 Å². The zero-order valence-electron chi connectivity index (χ0n) is 12.4. The summed E-state index contributed by atoms with van der Waals surface area (Å²) >= 11 is 0. The molecule has 108 valence electrons. The molecule has 0 aliphatic rings. The largest absolute Gasteiger partial charge is 0.382 e. The molecule has 19 heavy (non-hydrogen) atoms. The highest BCUT2D eigenvalue weighted by molar-refractivity contribution is 5.24. The number of likely N-dealkylation sites (N-methyl/N-ethyl adjacent to an activating group) is 1. The molecular formula is C16H27NO2. The van der Waals surface area contributed by atoms with E-state index in [1.54, 1.807) is 7.11 Å². The molecule has 0 aliphatic carbocycles. The summed E-state index contributed by atoms with van der Waals surface area (Å²) in [4.78, 5) is 0. The Hall–Kier alpha value is -0.900. The standard InChI is InChI=1S/C16H27NO2/c1-4-17-13-16(9-10-19-12-11-18-3)15-7-5-14(2)6-8-15/h5-8,16-17H,4,9-13H2,1-3H3. The second-order valence-electron chi connectivity index (χ2n) is 4.81. The number of hydrogen-bond acceptors (Lipinski definition) is 3. The Morgan fingerprint density at radius 1 is 1.11 bits per heavy atom. The molecule has 3 nitrogen and oxygen atoms in total. The minimum atomic E-state index is 0.517. The number of nitrogens with one attached hydrogen (secondary N) is 1. The number of hydrogen-bond donors (Lipinski definition) is 1. The molecule has 0 saturated carbocycles. The number of aryl methyl sites for hydroxylation is 1. The van der Waals surface area contributed by atoms with Crippen LogP contribution in [-0.4, -0.2) is 40.0 Å². The summed E-state index contributed by atoms with van der Waals surface area (Å²) in [7, 11) is 1.70. The molecule has 1 rings (SSSR count). The van der Waals surface area contributed by atoms with Crippen molar-refractivity contribution in [1.82, 2.24) is 5.32 Å². The van der Waals surface area contributed by atoms with Crippen LogP contribution in [0.5, 0.6) is 0 Å². The molecule has 0 aliphatic heterocycles. The molecule has 1 aromatic rings. The van der Waals surface area contributed by atoms with Gasteiger partial charge in [0.15, 0.2) is 0 Å². The molecule has 0 spiro atoms. The van der Waals surface area contributed by atoms with Crippen molar-refractivity contribution in [2.24, 2.45) is 0 Å². The zero-order valence-corrected chi connectivity index (χ0v) is 12.4. The van der Waals surface area contributed by atoms with E-state index in [1.807, 2.05) is 0 Å². The molecule has 0 bridgehead atoms. The summed E-state index contributed by atoms with van der Waals surface area (Å²) in [5, 5.41) is 3.43. The summed E-state index contributed by atoms with van der Waals surface area (Å²) in [6.07, 6.45) is 1.04. The maximum atomic E-state index is 5.58. The summed E-state index contributed by atoms with van der Waals surface area (Å²) in [5.74, 6) is 0.517. The lowest BCUT2D eigenvalue weighted by molar-refractivity contribution is 0.0670. The summed E-state index contributed by atoms with van der Waals surface area (Å²) < 4.78 is 10.6.